The highest BCUT2D eigenvalue weighted by molar-refractivity contribution is 5.00. The third kappa shape index (κ3) is 1.78. The van der Waals surface area contributed by atoms with Crippen molar-refractivity contribution in [2.75, 3.05) is 0 Å². The van der Waals surface area contributed by atoms with E-state index in [1.807, 2.05) is 0 Å². The highest BCUT2D eigenvalue weighted by atomic mass is 16.5. The highest BCUT2D eigenvalue weighted by Gasteiger charge is 2.11. The van der Waals surface area contributed by atoms with E-state index in [-0.39, 0.29) is 12.1 Å². The second-order valence-electron chi connectivity index (χ2n) is 2.27. The Morgan fingerprint density at radius 1 is 1.33 bits per heavy atom. The lowest BCUT2D eigenvalue weighted by atomic mass is 10.0. The van der Waals surface area contributed by atoms with Crippen molar-refractivity contribution in [3.8, 4) is 0 Å². The number of hydrogen-bond acceptors (Lipinski definition) is 3. The first-order chi connectivity index (χ1) is 4.33. The van der Waals surface area contributed by atoms with E-state index in [0.717, 1.165) is 12.8 Å². The molecule has 0 radical (unpaired) electrons. The molecule has 0 aromatic rings. The van der Waals surface area contributed by atoms with Gasteiger partial charge in [-0.05, 0) is 12.8 Å². The molecule has 52 valence electrons. The largest absolute Gasteiger partial charge is 0.389 e. The Balaban J connectivity index is 2.38. The molecular weight excluding hydrogens is 118 g/mol. The minimum absolute atomic E-state index is 0.0356. The van der Waals surface area contributed by atoms with Gasteiger partial charge in [0.1, 0.15) is 0 Å². The molecule has 0 saturated carbocycles. The SMILES string of the molecule is ON[C@@H]1C=C[C@H](O)CC1. The summed E-state index contributed by atoms with van der Waals surface area (Å²) in [5.41, 5.74) is 2.13. The van der Waals surface area contributed by atoms with Crippen molar-refractivity contribution in [3.05, 3.63) is 12.2 Å². The molecule has 3 heteroatoms. The van der Waals surface area contributed by atoms with Crippen molar-refractivity contribution in [3.63, 3.8) is 0 Å². The van der Waals surface area contributed by atoms with Crippen molar-refractivity contribution in [2.45, 2.75) is 25.0 Å². The van der Waals surface area contributed by atoms with Gasteiger partial charge < -0.3 is 10.3 Å². The van der Waals surface area contributed by atoms with Gasteiger partial charge in [-0.15, -0.1) is 0 Å². The molecule has 2 atom stereocenters. The molecule has 0 aromatic carbocycles. The van der Waals surface area contributed by atoms with Crippen LogP contribution in [0.2, 0.25) is 0 Å². The Morgan fingerprint density at radius 2 is 2.11 bits per heavy atom. The molecule has 0 amide bonds. The fraction of sp³-hybridized carbons (Fsp3) is 0.667. The van der Waals surface area contributed by atoms with Crippen LogP contribution in [0, 0.1) is 0 Å². The predicted molar refractivity (Wildman–Crippen MR) is 33.1 cm³/mol. The smallest absolute Gasteiger partial charge is 0.0722 e. The maximum atomic E-state index is 8.93. The quantitative estimate of drug-likeness (QED) is 0.346. The van der Waals surface area contributed by atoms with Crippen LogP contribution in [0.25, 0.3) is 0 Å². The average molecular weight is 129 g/mol. The topological polar surface area (TPSA) is 52.5 Å². The fourth-order valence-corrected chi connectivity index (χ4v) is 0.913. The molecule has 3 nitrogen and oxygen atoms in total. The second-order valence-corrected chi connectivity index (χ2v) is 2.27. The molecule has 1 aliphatic carbocycles. The van der Waals surface area contributed by atoms with Crippen LogP contribution in [0.5, 0.6) is 0 Å². The van der Waals surface area contributed by atoms with E-state index in [0.29, 0.717) is 0 Å². The zero-order valence-corrected chi connectivity index (χ0v) is 5.12. The number of hydrogen-bond donors (Lipinski definition) is 3. The molecule has 0 spiro atoms. The number of aliphatic hydroxyl groups is 1. The monoisotopic (exact) mass is 129 g/mol. The maximum absolute atomic E-state index is 8.93. The summed E-state index contributed by atoms with van der Waals surface area (Å²) in [6.45, 7) is 0. The summed E-state index contributed by atoms with van der Waals surface area (Å²) in [5.74, 6) is 0. The molecule has 0 unspecified atom stereocenters. The van der Waals surface area contributed by atoms with E-state index in [1.165, 1.54) is 0 Å². The Hall–Kier alpha value is -0.380. The van der Waals surface area contributed by atoms with E-state index in [4.69, 9.17) is 10.3 Å². The lowest BCUT2D eigenvalue weighted by Gasteiger charge is -2.17. The van der Waals surface area contributed by atoms with Crippen LogP contribution in [-0.4, -0.2) is 22.5 Å². The maximum Gasteiger partial charge on any atom is 0.0722 e. The molecule has 3 N–H and O–H groups in total. The Kier molecular flexibility index (Phi) is 2.22. The third-order valence-electron chi connectivity index (χ3n) is 1.50. The normalized spacial score (nSPS) is 34.9. The number of rotatable bonds is 1. The Labute approximate surface area is 54.0 Å². The van der Waals surface area contributed by atoms with Crippen LogP contribution in [-0.2, 0) is 0 Å². The molecule has 0 heterocycles. The van der Waals surface area contributed by atoms with Crippen LogP contribution in [0.15, 0.2) is 12.2 Å². The van der Waals surface area contributed by atoms with E-state index in [1.54, 1.807) is 12.2 Å². The van der Waals surface area contributed by atoms with Crippen LogP contribution in [0.1, 0.15) is 12.8 Å². The summed E-state index contributed by atoms with van der Waals surface area (Å²) in [6.07, 6.45) is 4.68. The van der Waals surface area contributed by atoms with Crippen LogP contribution >= 0.6 is 0 Å². The van der Waals surface area contributed by atoms with Crippen LogP contribution in [0.4, 0.5) is 0 Å². The van der Waals surface area contributed by atoms with Crippen molar-refractivity contribution in [1.82, 2.24) is 5.48 Å². The highest BCUT2D eigenvalue weighted by Crippen LogP contribution is 2.09. The molecule has 1 rings (SSSR count). The summed E-state index contributed by atoms with van der Waals surface area (Å²) in [4.78, 5) is 0. The molecule has 9 heavy (non-hydrogen) atoms. The van der Waals surface area contributed by atoms with Crippen molar-refractivity contribution in [2.24, 2.45) is 0 Å². The van der Waals surface area contributed by atoms with Gasteiger partial charge in [0.2, 0.25) is 0 Å². The van der Waals surface area contributed by atoms with Gasteiger partial charge in [-0.25, -0.2) is 0 Å². The molecule has 0 saturated heterocycles. The summed E-state index contributed by atoms with van der Waals surface area (Å²) >= 11 is 0. The third-order valence-corrected chi connectivity index (χ3v) is 1.50. The zero-order valence-electron chi connectivity index (χ0n) is 5.12. The minimum atomic E-state index is -0.311. The van der Waals surface area contributed by atoms with E-state index in [9.17, 15) is 0 Å². The second kappa shape index (κ2) is 2.96. The number of nitrogens with one attached hydrogen (secondary N) is 1. The first kappa shape index (κ1) is 6.74. The Bertz CT molecular complexity index is 114. The van der Waals surface area contributed by atoms with Gasteiger partial charge >= 0.3 is 0 Å². The molecule has 0 fully saturated rings. The van der Waals surface area contributed by atoms with E-state index in [2.05, 4.69) is 5.48 Å². The zero-order chi connectivity index (χ0) is 6.69. The molecule has 0 aliphatic heterocycles. The van der Waals surface area contributed by atoms with Crippen LogP contribution in [0.3, 0.4) is 0 Å². The van der Waals surface area contributed by atoms with Gasteiger partial charge in [0, 0.05) is 0 Å². The summed E-state index contributed by atoms with van der Waals surface area (Å²) in [6, 6.07) is 0.0356. The fourth-order valence-electron chi connectivity index (χ4n) is 0.913. The predicted octanol–water partition coefficient (Wildman–Crippen LogP) is 0.0447. The van der Waals surface area contributed by atoms with Crippen LogP contribution < -0.4 is 5.48 Å². The van der Waals surface area contributed by atoms with Gasteiger partial charge in [0.05, 0.1) is 12.1 Å². The van der Waals surface area contributed by atoms with Gasteiger partial charge in [-0.1, -0.05) is 12.2 Å². The lowest BCUT2D eigenvalue weighted by molar-refractivity contribution is 0.121. The molecule has 1 aliphatic rings. The van der Waals surface area contributed by atoms with Crippen molar-refractivity contribution < 1.29 is 10.3 Å². The standard InChI is InChI=1S/C6H11NO2/c8-6-3-1-5(7-9)2-4-6/h1,3,5-9H,2,4H2/t5-,6+/m1/s1. The molecule has 0 aromatic heterocycles. The van der Waals surface area contributed by atoms with Gasteiger partial charge in [0.25, 0.3) is 0 Å². The Morgan fingerprint density at radius 3 is 2.56 bits per heavy atom. The summed E-state index contributed by atoms with van der Waals surface area (Å²) in [7, 11) is 0. The first-order valence-corrected chi connectivity index (χ1v) is 3.09. The van der Waals surface area contributed by atoms with Gasteiger partial charge in [-0.2, -0.15) is 5.48 Å². The average Bonchev–Trinajstić information content (AvgIpc) is 1.90. The summed E-state index contributed by atoms with van der Waals surface area (Å²) < 4.78 is 0. The van der Waals surface area contributed by atoms with Crippen molar-refractivity contribution >= 4 is 0 Å². The molecular formula is C6H11NO2. The van der Waals surface area contributed by atoms with Gasteiger partial charge in [-0.3, -0.25) is 0 Å². The molecule has 0 bridgehead atoms. The lowest BCUT2D eigenvalue weighted by Crippen LogP contribution is -2.27. The number of hydroxylamine groups is 1. The first-order valence-electron chi connectivity index (χ1n) is 3.09. The van der Waals surface area contributed by atoms with E-state index < -0.39 is 0 Å². The van der Waals surface area contributed by atoms with Crippen molar-refractivity contribution in [1.29, 1.82) is 0 Å². The van der Waals surface area contributed by atoms with E-state index >= 15 is 0 Å². The number of aliphatic hydroxyl groups excluding tert-OH is 1. The van der Waals surface area contributed by atoms with Gasteiger partial charge in [0.15, 0.2) is 0 Å². The minimum Gasteiger partial charge on any atom is -0.389 e. The summed E-state index contributed by atoms with van der Waals surface area (Å²) in [5, 5.41) is 17.3.